The van der Waals surface area contributed by atoms with E-state index in [0.29, 0.717) is 17.0 Å². The molecule has 0 aliphatic heterocycles. The summed E-state index contributed by atoms with van der Waals surface area (Å²) in [6.07, 6.45) is 1.45. The van der Waals surface area contributed by atoms with Crippen molar-refractivity contribution in [3.8, 4) is 17.0 Å². The third-order valence-corrected chi connectivity index (χ3v) is 3.42. The average Bonchev–Trinajstić information content (AvgIpc) is 3.05. The number of phenols is 1. The molecule has 3 N–H and O–H groups in total. The molecule has 1 heterocycles. The predicted molar refractivity (Wildman–Crippen MR) is 91.9 cm³/mol. The van der Waals surface area contributed by atoms with E-state index in [4.69, 9.17) is 0 Å². The summed E-state index contributed by atoms with van der Waals surface area (Å²) in [5, 5.41) is 20.1. The first kappa shape index (κ1) is 15.5. The number of hydrogen-bond acceptors (Lipinski definition) is 4. The van der Waals surface area contributed by atoms with E-state index in [-0.39, 0.29) is 5.75 Å². The summed E-state index contributed by atoms with van der Waals surface area (Å²) in [5.41, 5.74) is 6.20. The first-order valence-electron chi connectivity index (χ1n) is 7.37. The predicted octanol–water partition coefficient (Wildman–Crippen LogP) is 2.85. The molecule has 0 aliphatic rings. The molecule has 0 atom stereocenters. The maximum absolute atomic E-state index is 12.1. The largest absolute Gasteiger partial charge is 0.508 e. The van der Waals surface area contributed by atoms with Crippen molar-refractivity contribution in [3.63, 3.8) is 0 Å². The fourth-order valence-corrected chi connectivity index (χ4v) is 2.14. The lowest BCUT2D eigenvalue weighted by Gasteiger charge is -1.97. The normalized spacial score (nSPS) is 10.9. The fourth-order valence-electron chi connectivity index (χ4n) is 2.14. The van der Waals surface area contributed by atoms with Gasteiger partial charge in [-0.1, -0.05) is 42.0 Å². The molecule has 0 saturated carbocycles. The molecular weight excluding hydrogens is 304 g/mol. The zero-order valence-electron chi connectivity index (χ0n) is 13.0. The molecule has 0 unspecified atom stereocenters. The first-order valence-corrected chi connectivity index (χ1v) is 7.37. The number of aromatic nitrogens is 2. The van der Waals surface area contributed by atoms with Gasteiger partial charge in [-0.25, -0.2) is 5.43 Å². The monoisotopic (exact) mass is 320 g/mol. The second-order valence-corrected chi connectivity index (χ2v) is 5.33. The van der Waals surface area contributed by atoms with Gasteiger partial charge >= 0.3 is 0 Å². The molecule has 3 aromatic rings. The lowest BCUT2D eigenvalue weighted by molar-refractivity contribution is 0.0950. The molecule has 0 saturated heterocycles. The van der Waals surface area contributed by atoms with Crippen LogP contribution in [-0.4, -0.2) is 27.4 Å². The molecule has 0 fully saturated rings. The van der Waals surface area contributed by atoms with Crippen molar-refractivity contribution in [2.24, 2.45) is 5.10 Å². The maximum Gasteiger partial charge on any atom is 0.289 e. The van der Waals surface area contributed by atoms with Crippen LogP contribution >= 0.6 is 0 Å². The molecule has 6 nitrogen and oxygen atoms in total. The van der Waals surface area contributed by atoms with Gasteiger partial charge in [0.2, 0.25) is 0 Å². The van der Waals surface area contributed by atoms with Crippen molar-refractivity contribution >= 4 is 12.1 Å². The average molecular weight is 320 g/mol. The SMILES string of the molecule is Cc1ccc(-c2cc(C(=O)N/N=C\c3cccc(O)c3)[nH]n2)cc1. The van der Waals surface area contributed by atoms with Gasteiger partial charge in [0.25, 0.3) is 5.91 Å². The van der Waals surface area contributed by atoms with Crippen LogP contribution in [0.1, 0.15) is 21.6 Å². The molecule has 6 heteroatoms. The van der Waals surface area contributed by atoms with Crippen LogP contribution in [0, 0.1) is 6.92 Å². The first-order chi connectivity index (χ1) is 11.6. The minimum Gasteiger partial charge on any atom is -0.508 e. The number of carbonyl (C=O) groups is 1. The number of aromatic hydroxyl groups is 1. The second-order valence-electron chi connectivity index (χ2n) is 5.33. The minimum absolute atomic E-state index is 0.140. The lowest BCUT2D eigenvalue weighted by atomic mass is 10.1. The van der Waals surface area contributed by atoms with E-state index in [0.717, 1.165) is 11.1 Å². The Morgan fingerprint density at radius 2 is 2.00 bits per heavy atom. The van der Waals surface area contributed by atoms with Crippen LogP contribution in [0.5, 0.6) is 5.75 Å². The summed E-state index contributed by atoms with van der Waals surface area (Å²) < 4.78 is 0. The highest BCUT2D eigenvalue weighted by Crippen LogP contribution is 2.18. The van der Waals surface area contributed by atoms with Crippen LogP contribution in [0.3, 0.4) is 0 Å². The van der Waals surface area contributed by atoms with Crippen LogP contribution in [0.2, 0.25) is 0 Å². The molecule has 2 aromatic carbocycles. The third-order valence-electron chi connectivity index (χ3n) is 3.42. The van der Waals surface area contributed by atoms with Gasteiger partial charge in [-0.3, -0.25) is 9.89 Å². The van der Waals surface area contributed by atoms with E-state index in [1.54, 1.807) is 30.3 Å². The number of rotatable bonds is 4. The Morgan fingerprint density at radius 3 is 2.75 bits per heavy atom. The van der Waals surface area contributed by atoms with Crippen LogP contribution in [0.4, 0.5) is 0 Å². The van der Waals surface area contributed by atoms with Crippen molar-refractivity contribution in [2.75, 3.05) is 0 Å². The van der Waals surface area contributed by atoms with Crippen LogP contribution in [-0.2, 0) is 0 Å². The van der Waals surface area contributed by atoms with Gasteiger partial charge in [0.1, 0.15) is 11.4 Å². The zero-order valence-corrected chi connectivity index (χ0v) is 13.0. The molecule has 0 spiro atoms. The van der Waals surface area contributed by atoms with Crippen molar-refractivity contribution in [1.82, 2.24) is 15.6 Å². The van der Waals surface area contributed by atoms with Gasteiger partial charge < -0.3 is 5.11 Å². The Kier molecular flexibility index (Phi) is 4.38. The van der Waals surface area contributed by atoms with E-state index in [1.807, 2.05) is 31.2 Å². The third kappa shape index (κ3) is 3.67. The minimum atomic E-state index is -0.391. The number of phenolic OH excluding ortho intramolecular Hbond substituents is 1. The van der Waals surface area contributed by atoms with E-state index in [2.05, 4.69) is 20.7 Å². The zero-order chi connectivity index (χ0) is 16.9. The van der Waals surface area contributed by atoms with Gasteiger partial charge in [-0.05, 0) is 30.7 Å². The number of carbonyl (C=O) groups excluding carboxylic acids is 1. The van der Waals surface area contributed by atoms with Gasteiger partial charge in [-0.2, -0.15) is 10.2 Å². The fraction of sp³-hybridized carbons (Fsp3) is 0.0556. The van der Waals surface area contributed by atoms with E-state index < -0.39 is 5.91 Å². The number of amides is 1. The molecule has 120 valence electrons. The number of H-pyrrole nitrogens is 1. The van der Waals surface area contributed by atoms with E-state index in [1.165, 1.54) is 6.21 Å². The number of nitrogens with one attached hydrogen (secondary N) is 2. The Hall–Kier alpha value is -3.41. The highest BCUT2D eigenvalue weighted by Gasteiger charge is 2.10. The smallest absolute Gasteiger partial charge is 0.289 e. The molecule has 1 amide bonds. The number of aryl methyl sites for hydroxylation is 1. The number of benzene rings is 2. The number of aromatic amines is 1. The van der Waals surface area contributed by atoms with E-state index >= 15 is 0 Å². The summed E-state index contributed by atoms with van der Waals surface area (Å²) in [6.45, 7) is 2.01. The second kappa shape index (κ2) is 6.78. The summed E-state index contributed by atoms with van der Waals surface area (Å²) in [5.74, 6) is -0.251. The van der Waals surface area contributed by atoms with Gasteiger partial charge in [0, 0.05) is 5.56 Å². The number of hydrazone groups is 1. The van der Waals surface area contributed by atoms with Gasteiger partial charge in [0.05, 0.1) is 11.9 Å². The van der Waals surface area contributed by atoms with Crippen molar-refractivity contribution in [2.45, 2.75) is 6.92 Å². The molecule has 3 rings (SSSR count). The molecule has 1 aromatic heterocycles. The quantitative estimate of drug-likeness (QED) is 0.510. The maximum atomic E-state index is 12.1. The standard InChI is InChI=1S/C18H16N4O2/c1-12-5-7-14(8-6-12)16-10-17(21-20-16)18(24)22-19-11-13-3-2-4-15(23)9-13/h2-11,23H,1H3,(H,20,21)(H,22,24)/b19-11-. The van der Waals surface area contributed by atoms with Crippen LogP contribution < -0.4 is 5.43 Å². The van der Waals surface area contributed by atoms with Gasteiger partial charge in [0.15, 0.2) is 0 Å². The summed E-state index contributed by atoms with van der Waals surface area (Å²) in [7, 11) is 0. The molecule has 24 heavy (non-hydrogen) atoms. The highest BCUT2D eigenvalue weighted by molar-refractivity contribution is 5.94. The molecular formula is C18H16N4O2. The van der Waals surface area contributed by atoms with Crippen LogP contribution in [0.25, 0.3) is 11.3 Å². The Morgan fingerprint density at radius 1 is 1.21 bits per heavy atom. The summed E-state index contributed by atoms with van der Waals surface area (Å²) >= 11 is 0. The highest BCUT2D eigenvalue weighted by atomic mass is 16.3. The molecule has 0 bridgehead atoms. The van der Waals surface area contributed by atoms with E-state index in [9.17, 15) is 9.90 Å². The molecule has 0 radical (unpaired) electrons. The number of nitrogens with zero attached hydrogens (tertiary/aromatic N) is 2. The van der Waals surface area contributed by atoms with Gasteiger partial charge in [-0.15, -0.1) is 0 Å². The Balaban J connectivity index is 1.66. The Labute approximate surface area is 138 Å². The molecule has 0 aliphatic carbocycles. The summed E-state index contributed by atoms with van der Waals surface area (Å²) in [6, 6.07) is 16.1. The number of hydrogen-bond donors (Lipinski definition) is 3. The summed E-state index contributed by atoms with van der Waals surface area (Å²) in [4.78, 5) is 12.1. The topological polar surface area (TPSA) is 90.4 Å². The van der Waals surface area contributed by atoms with Crippen molar-refractivity contribution in [1.29, 1.82) is 0 Å². The van der Waals surface area contributed by atoms with Crippen molar-refractivity contribution < 1.29 is 9.90 Å². The van der Waals surface area contributed by atoms with Crippen LogP contribution in [0.15, 0.2) is 59.7 Å². The Bertz CT molecular complexity index is 882. The lowest BCUT2D eigenvalue weighted by Crippen LogP contribution is -2.17. The van der Waals surface area contributed by atoms with Crippen molar-refractivity contribution in [3.05, 3.63) is 71.4 Å².